The second kappa shape index (κ2) is 6.62. The fourth-order valence-electron chi connectivity index (χ4n) is 3.38. The van der Waals surface area contributed by atoms with Crippen molar-refractivity contribution in [3.63, 3.8) is 0 Å². The zero-order chi connectivity index (χ0) is 14.7. The van der Waals surface area contributed by atoms with E-state index in [1.54, 1.807) is 0 Å². The van der Waals surface area contributed by atoms with Gasteiger partial charge in [-0.25, -0.2) is 0 Å². The third kappa shape index (κ3) is 3.54. The maximum Gasteiger partial charge on any atom is 0.0412 e. The van der Waals surface area contributed by atoms with E-state index in [0.717, 1.165) is 19.0 Å². The van der Waals surface area contributed by atoms with Gasteiger partial charge in [-0.1, -0.05) is 38.5 Å². The lowest BCUT2D eigenvalue weighted by Gasteiger charge is -2.43. The summed E-state index contributed by atoms with van der Waals surface area (Å²) in [6, 6.07) is 8.11. The van der Waals surface area contributed by atoms with Crippen LogP contribution in [0.1, 0.15) is 44.7 Å². The van der Waals surface area contributed by atoms with Crippen LogP contribution in [0.3, 0.4) is 0 Å². The first-order chi connectivity index (χ1) is 9.51. The Morgan fingerprint density at radius 1 is 1.30 bits per heavy atom. The van der Waals surface area contributed by atoms with Crippen molar-refractivity contribution in [2.24, 2.45) is 5.92 Å². The molecule has 1 aromatic rings. The molecular formula is C18H30N2. The van der Waals surface area contributed by atoms with Crippen LogP contribution in [-0.4, -0.2) is 25.2 Å². The molecule has 112 valence electrons. The van der Waals surface area contributed by atoms with Crippen LogP contribution in [0.15, 0.2) is 18.2 Å². The molecule has 1 aliphatic rings. The van der Waals surface area contributed by atoms with E-state index in [-0.39, 0.29) is 0 Å². The topological polar surface area (TPSA) is 15.3 Å². The van der Waals surface area contributed by atoms with Crippen molar-refractivity contribution < 1.29 is 0 Å². The quantitative estimate of drug-likeness (QED) is 0.895. The molecule has 1 fully saturated rings. The Morgan fingerprint density at radius 2 is 2.05 bits per heavy atom. The van der Waals surface area contributed by atoms with Gasteiger partial charge in [0.15, 0.2) is 0 Å². The van der Waals surface area contributed by atoms with Crippen molar-refractivity contribution in [1.82, 2.24) is 5.32 Å². The SMILES string of the molecule is CCC1CNC(CC(C)C)CN1c1ccc(C)cc1C. The van der Waals surface area contributed by atoms with Crippen LogP contribution < -0.4 is 10.2 Å². The molecule has 0 saturated carbocycles. The Kier molecular flexibility index (Phi) is 5.09. The predicted molar refractivity (Wildman–Crippen MR) is 88.6 cm³/mol. The molecule has 0 spiro atoms. The van der Waals surface area contributed by atoms with Gasteiger partial charge in [0.1, 0.15) is 0 Å². The fourth-order valence-corrected chi connectivity index (χ4v) is 3.38. The van der Waals surface area contributed by atoms with Crippen LogP contribution in [0.5, 0.6) is 0 Å². The van der Waals surface area contributed by atoms with Gasteiger partial charge in [-0.2, -0.15) is 0 Å². The zero-order valence-corrected chi connectivity index (χ0v) is 13.7. The molecule has 2 nitrogen and oxygen atoms in total. The van der Waals surface area contributed by atoms with Crippen molar-refractivity contribution in [2.75, 3.05) is 18.0 Å². The maximum absolute atomic E-state index is 3.74. The molecule has 0 aliphatic carbocycles. The highest BCUT2D eigenvalue weighted by Gasteiger charge is 2.27. The summed E-state index contributed by atoms with van der Waals surface area (Å²) in [5.41, 5.74) is 4.19. The van der Waals surface area contributed by atoms with E-state index in [1.165, 1.54) is 29.7 Å². The van der Waals surface area contributed by atoms with Gasteiger partial charge in [0, 0.05) is 30.9 Å². The molecule has 2 atom stereocenters. The molecule has 20 heavy (non-hydrogen) atoms. The van der Waals surface area contributed by atoms with Gasteiger partial charge in [0.25, 0.3) is 0 Å². The Bertz CT molecular complexity index is 439. The summed E-state index contributed by atoms with van der Waals surface area (Å²) in [4.78, 5) is 2.64. The van der Waals surface area contributed by atoms with Gasteiger partial charge in [0.05, 0.1) is 0 Å². The number of nitrogens with zero attached hydrogens (tertiary/aromatic N) is 1. The van der Waals surface area contributed by atoms with Crippen molar-refractivity contribution in [2.45, 2.75) is 59.5 Å². The molecule has 0 bridgehead atoms. The first kappa shape index (κ1) is 15.4. The Labute approximate surface area is 124 Å². The van der Waals surface area contributed by atoms with Crippen LogP contribution in [-0.2, 0) is 0 Å². The third-order valence-corrected chi connectivity index (χ3v) is 4.39. The average molecular weight is 274 g/mol. The first-order valence-electron chi connectivity index (χ1n) is 8.08. The van der Waals surface area contributed by atoms with Crippen molar-refractivity contribution in [1.29, 1.82) is 0 Å². The summed E-state index contributed by atoms with van der Waals surface area (Å²) in [5.74, 6) is 0.756. The van der Waals surface area contributed by atoms with Crippen molar-refractivity contribution in [3.8, 4) is 0 Å². The van der Waals surface area contributed by atoms with Crippen LogP contribution >= 0.6 is 0 Å². The number of nitrogens with one attached hydrogen (secondary N) is 1. The molecule has 2 heteroatoms. The van der Waals surface area contributed by atoms with Crippen molar-refractivity contribution in [3.05, 3.63) is 29.3 Å². The molecule has 1 N–H and O–H groups in total. The lowest BCUT2D eigenvalue weighted by Crippen LogP contribution is -2.57. The molecule has 1 aliphatic heterocycles. The van der Waals surface area contributed by atoms with Gasteiger partial charge >= 0.3 is 0 Å². The highest BCUT2D eigenvalue weighted by Crippen LogP contribution is 2.27. The summed E-state index contributed by atoms with van der Waals surface area (Å²) >= 11 is 0. The van der Waals surface area contributed by atoms with Crippen molar-refractivity contribution >= 4 is 5.69 Å². The first-order valence-corrected chi connectivity index (χ1v) is 8.08. The molecule has 1 heterocycles. The smallest absolute Gasteiger partial charge is 0.0412 e. The van der Waals surface area contributed by atoms with Gasteiger partial charge in [-0.15, -0.1) is 0 Å². The standard InChI is InChI=1S/C18H30N2/c1-6-17-11-19-16(9-13(2)3)12-20(17)18-8-7-14(4)10-15(18)5/h7-8,10,13,16-17,19H,6,9,11-12H2,1-5H3. The number of rotatable bonds is 4. The Morgan fingerprint density at radius 3 is 2.65 bits per heavy atom. The molecule has 0 amide bonds. The van der Waals surface area contributed by atoms with Crippen LogP contribution in [0, 0.1) is 19.8 Å². The minimum Gasteiger partial charge on any atom is -0.366 e. The van der Waals surface area contributed by atoms with Crippen LogP contribution in [0.25, 0.3) is 0 Å². The van der Waals surface area contributed by atoms with Gasteiger partial charge in [0.2, 0.25) is 0 Å². The number of hydrogen-bond acceptors (Lipinski definition) is 2. The molecular weight excluding hydrogens is 244 g/mol. The number of hydrogen-bond donors (Lipinski definition) is 1. The zero-order valence-electron chi connectivity index (χ0n) is 13.7. The summed E-state index contributed by atoms with van der Waals surface area (Å²) < 4.78 is 0. The number of aryl methyl sites for hydroxylation is 2. The molecule has 1 aromatic carbocycles. The van der Waals surface area contributed by atoms with E-state index in [4.69, 9.17) is 0 Å². The van der Waals surface area contributed by atoms with Crippen LogP contribution in [0.2, 0.25) is 0 Å². The normalized spacial score (nSPS) is 23.4. The summed E-state index contributed by atoms with van der Waals surface area (Å²) in [7, 11) is 0. The van der Waals surface area contributed by atoms with E-state index in [9.17, 15) is 0 Å². The summed E-state index contributed by atoms with van der Waals surface area (Å²) in [6.45, 7) is 13.6. The minimum absolute atomic E-state index is 0.624. The molecule has 1 saturated heterocycles. The Hall–Kier alpha value is -1.02. The number of anilines is 1. The van der Waals surface area contributed by atoms with Gasteiger partial charge < -0.3 is 10.2 Å². The molecule has 2 rings (SSSR count). The second-order valence-corrected chi connectivity index (χ2v) is 6.74. The van der Waals surface area contributed by atoms with E-state index in [1.807, 2.05) is 0 Å². The second-order valence-electron chi connectivity index (χ2n) is 6.74. The lowest BCUT2D eigenvalue weighted by molar-refractivity contribution is 0.343. The average Bonchev–Trinajstić information content (AvgIpc) is 2.38. The van der Waals surface area contributed by atoms with Gasteiger partial charge in [-0.3, -0.25) is 0 Å². The van der Waals surface area contributed by atoms with Gasteiger partial charge in [-0.05, 0) is 44.2 Å². The monoisotopic (exact) mass is 274 g/mol. The summed E-state index contributed by atoms with van der Waals surface area (Å²) in [6.07, 6.45) is 2.46. The number of piperazine rings is 1. The highest BCUT2D eigenvalue weighted by molar-refractivity contribution is 5.55. The fraction of sp³-hybridized carbons (Fsp3) is 0.667. The lowest BCUT2D eigenvalue weighted by atomic mass is 9.97. The highest BCUT2D eigenvalue weighted by atomic mass is 15.2. The van der Waals surface area contributed by atoms with E-state index in [0.29, 0.717) is 12.1 Å². The molecule has 0 radical (unpaired) electrons. The van der Waals surface area contributed by atoms with E-state index >= 15 is 0 Å². The largest absolute Gasteiger partial charge is 0.366 e. The maximum atomic E-state index is 3.74. The predicted octanol–water partition coefficient (Wildman–Crippen LogP) is 3.91. The van der Waals surface area contributed by atoms with E-state index < -0.39 is 0 Å². The van der Waals surface area contributed by atoms with Crippen LogP contribution in [0.4, 0.5) is 5.69 Å². The molecule has 0 aromatic heterocycles. The Balaban J connectivity index is 2.20. The summed E-state index contributed by atoms with van der Waals surface area (Å²) in [5, 5.41) is 3.74. The minimum atomic E-state index is 0.624. The third-order valence-electron chi connectivity index (χ3n) is 4.39. The molecule has 2 unspecified atom stereocenters. The number of benzene rings is 1. The van der Waals surface area contributed by atoms with E-state index in [2.05, 4.69) is 63.0 Å².